The minimum absolute atomic E-state index is 0.0741. The molecule has 1 heterocycles. The summed E-state index contributed by atoms with van der Waals surface area (Å²) in [5.74, 6) is -0.921. The van der Waals surface area contributed by atoms with Crippen LogP contribution in [0.4, 0.5) is 0 Å². The van der Waals surface area contributed by atoms with Crippen LogP contribution in [0.15, 0.2) is 24.3 Å². The third kappa shape index (κ3) is 2.61. The first-order valence-electron chi connectivity index (χ1n) is 5.41. The molecule has 3 atom stereocenters. The van der Waals surface area contributed by atoms with E-state index in [0.717, 1.165) is 25.0 Å². The summed E-state index contributed by atoms with van der Waals surface area (Å²) in [6.07, 6.45) is 8.34. The number of cyclic esters (lactones) is 2. The molecule has 3 rings (SSSR count). The van der Waals surface area contributed by atoms with Gasteiger partial charge in [0.05, 0.1) is 5.92 Å². The predicted molar refractivity (Wildman–Crippen MR) is 56.7 cm³/mol. The van der Waals surface area contributed by atoms with Crippen molar-refractivity contribution in [2.24, 2.45) is 17.8 Å². The van der Waals surface area contributed by atoms with E-state index < -0.39 is 17.9 Å². The Morgan fingerprint density at radius 3 is 2.06 bits per heavy atom. The quantitative estimate of drug-likeness (QED) is 0.416. The van der Waals surface area contributed by atoms with Crippen LogP contribution < -0.4 is 0 Å². The minimum atomic E-state index is -0.614. The van der Waals surface area contributed by atoms with Crippen LogP contribution in [0.1, 0.15) is 12.8 Å². The van der Waals surface area contributed by atoms with E-state index in [-0.39, 0.29) is 5.92 Å². The van der Waals surface area contributed by atoms with E-state index in [2.05, 4.69) is 16.9 Å². The average Bonchev–Trinajstić information content (AvgIpc) is 2.95. The second-order valence-electron chi connectivity index (χ2n) is 4.30. The zero-order valence-electron chi connectivity index (χ0n) is 9.04. The Bertz CT molecular complexity index is 405. The van der Waals surface area contributed by atoms with Gasteiger partial charge in [0.1, 0.15) is 0 Å². The first-order chi connectivity index (χ1) is 8.06. The number of allylic oxidation sites excluding steroid dienone is 2. The third-order valence-electron chi connectivity index (χ3n) is 3.15. The first kappa shape index (κ1) is 11.6. The fourth-order valence-corrected chi connectivity index (χ4v) is 2.37. The van der Waals surface area contributed by atoms with E-state index >= 15 is 0 Å². The smallest absolute Gasteiger partial charge is 0.338 e. The van der Waals surface area contributed by atoms with Gasteiger partial charge in [-0.3, -0.25) is 4.79 Å². The largest absolute Gasteiger partial charge is 0.481 e. The number of fused-ring (bicyclic) bond motifs is 2. The molecular formula is C12H12O5. The molecule has 0 amide bonds. The van der Waals surface area contributed by atoms with Crippen molar-refractivity contribution in [2.45, 2.75) is 12.8 Å². The average molecular weight is 236 g/mol. The fraction of sp³-hybridized carbons (Fsp3) is 0.417. The Labute approximate surface area is 97.8 Å². The van der Waals surface area contributed by atoms with Gasteiger partial charge in [-0.1, -0.05) is 12.2 Å². The van der Waals surface area contributed by atoms with Gasteiger partial charge in [0.15, 0.2) is 0 Å². The summed E-state index contributed by atoms with van der Waals surface area (Å²) in [7, 11) is 0. The second kappa shape index (κ2) is 4.53. The van der Waals surface area contributed by atoms with Gasteiger partial charge in [-0.2, -0.15) is 0 Å². The second-order valence-corrected chi connectivity index (χ2v) is 4.30. The van der Waals surface area contributed by atoms with Gasteiger partial charge in [0.2, 0.25) is 0 Å². The third-order valence-corrected chi connectivity index (χ3v) is 3.15. The highest BCUT2D eigenvalue weighted by Crippen LogP contribution is 2.43. The molecule has 3 aliphatic rings. The number of carboxylic acids is 1. The topological polar surface area (TPSA) is 80.7 Å². The number of aliphatic carboxylic acids is 1. The van der Waals surface area contributed by atoms with Crippen molar-refractivity contribution < 1.29 is 24.2 Å². The van der Waals surface area contributed by atoms with Crippen LogP contribution in [0.5, 0.6) is 0 Å². The number of hydrogen-bond donors (Lipinski definition) is 1. The van der Waals surface area contributed by atoms with Crippen LogP contribution in [0, 0.1) is 17.8 Å². The van der Waals surface area contributed by atoms with Crippen LogP contribution in [0.25, 0.3) is 0 Å². The van der Waals surface area contributed by atoms with Gasteiger partial charge in [-0.15, -0.1) is 0 Å². The van der Waals surface area contributed by atoms with Crippen molar-refractivity contribution in [2.75, 3.05) is 0 Å². The van der Waals surface area contributed by atoms with E-state index in [9.17, 15) is 14.4 Å². The molecule has 1 saturated carbocycles. The standard InChI is InChI=1S/C8H10O2.C4H2O3/c9-8(10)7-4-5-1-2-6(7)3-5;5-3-1-2-4(6)7-3/h1-2,5-7H,3-4H2,(H,9,10);1-2H. The summed E-state index contributed by atoms with van der Waals surface area (Å²) >= 11 is 0. The van der Waals surface area contributed by atoms with Gasteiger partial charge < -0.3 is 9.84 Å². The van der Waals surface area contributed by atoms with E-state index in [4.69, 9.17) is 5.11 Å². The van der Waals surface area contributed by atoms with Gasteiger partial charge in [-0.25, -0.2) is 9.59 Å². The molecule has 3 unspecified atom stereocenters. The lowest BCUT2D eigenvalue weighted by Gasteiger charge is -2.11. The number of rotatable bonds is 1. The Morgan fingerprint density at radius 1 is 1.18 bits per heavy atom. The van der Waals surface area contributed by atoms with Gasteiger partial charge in [-0.05, 0) is 24.7 Å². The summed E-state index contributed by atoms with van der Waals surface area (Å²) in [5, 5.41) is 8.70. The van der Waals surface area contributed by atoms with Crippen molar-refractivity contribution in [1.82, 2.24) is 0 Å². The summed E-state index contributed by atoms with van der Waals surface area (Å²) in [4.78, 5) is 30.4. The highest BCUT2D eigenvalue weighted by Gasteiger charge is 2.39. The lowest BCUT2D eigenvalue weighted by molar-refractivity contribution is -0.150. The summed E-state index contributed by atoms with van der Waals surface area (Å²) in [6.45, 7) is 0. The predicted octanol–water partition coefficient (Wildman–Crippen LogP) is 0.909. The molecule has 0 aromatic rings. The van der Waals surface area contributed by atoms with E-state index in [1.807, 2.05) is 0 Å². The molecule has 0 saturated heterocycles. The maximum Gasteiger partial charge on any atom is 0.338 e. The molecule has 5 heteroatoms. The molecule has 2 bridgehead atoms. The van der Waals surface area contributed by atoms with Crippen molar-refractivity contribution in [3.05, 3.63) is 24.3 Å². The lowest BCUT2D eigenvalue weighted by Crippen LogP contribution is -2.17. The van der Waals surface area contributed by atoms with Crippen LogP contribution >= 0.6 is 0 Å². The number of carbonyl (C=O) groups excluding carboxylic acids is 2. The van der Waals surface area contributed by atoms with Crippen LogP contribution in [0.2, 0.25) is 0 Å². The molecule has 17 heavy (non-hydrogen) atoms. The van der Waals surface area contributed by atoms with Crippen LogP contribution in [0.3, 0.4) is 0 Å². The molecule has 1 N–H and O–H groups in total. The lowest BCUT2D eigenvalue weighted by atomic mass is 9.94. The molecule has 0 aromatic heterocycles. The Kier molecular flexibility index (Phi) is 3.08. The minimum Gasteiger partial charge on any atom is -0.481 e. The van der Waals surface area contributed by atoms with Gasteiger partial charge in [0, 0.05) is 12.2 Å². The highest BCUT2D eigenvalue weighted by atomic mass is 16.6. The molecule has 0 radical (unpaired) electrons. The maximum absolute atomic E-state index is 10.6. The molecule has 0 aromatic carbocycles. The Balaban J connectivity index is 0.000000136. The van der Waals surface area contributed by atoms with Crippen molar-refractivity contribution in [3.63, 3.8) is 0 Å². The van der Waals surface area contributed by atoms with E-state index in [0.29, 0.717) is 11.8 Å². The van der Waals surface area contributed by atoms with Crippen molar-refractivity contribution >= 4 is 17.9 Å². The van der Waals surface area contributed by atoms with Gasteiger partial charge >= 0.3 is 17.9 Å². The number of ether oxygens (including phenoxy) is 1. The zero-order chi connectivity index (χ0) is 12.4. The Morgan fingerprint density at radius 2 is 1.82 bits per heavy atom. The molecule has 1 aliphatic heterocycles. The summed E-state index contributed by atoms with van der Waals surface area (Å²) in [5.41, 5.74) is 0. The molecule has 5 nitrogen and oxygen atoms in total. The first-order valence-corrected chi connectivity index (χ1v) is 5.41. The van der Waals surface area contributed by atoms with Gasteiger partial charge in [0.25, 0.3) is 0 Å². The highest BCUT2D eigenvalue weighted by molar-refractivity contribution is 6.04. The number of esters is 2. The SMILES string of the molecule is O=C(O)C1CC2C=CC1C2.O=C1C=CC(=O)O1. The molecule has 90 valence electrons. The summed E-state index contributed by atoms with van der Waals surface area (Å²) < 4.78 is 3.97. The fourth-order valence-electron chi connectivity index (χ4n) is 2.37. The van der Waals surface area contributed by atoms with Crippen LogP contribution in [-0.4, -0.2) is 23.0 Å². The van der Waals surface area contributed by atoms with Crippen molar-refractivity contribution in [3.8, 4) is 0 Å². The number of carboxylic acid groups (broad SMARTS) is 1. The van der Waals surface area contributed by atoms with E-state index in [1.54, 1.807) is 0 Å². The normalized spacial score (nSPS) is 32.4. The van der Waals surface area contributed by atoms with Crippen molar-refractivity contribution in [1.29, 1.82) is 0 Å². The maximum atomic E-state index is 10.6. The zero-order valence-corrected chi connectivity index (χ0v) is 9.04. The molecule has 0 spiro atoms. The number of carbonyl (C=O) groups is 3. The Hall–Kier alpha value is -1.91. The van der Waals surface area contributed by atoms with Crippen LogP contribution in [-0.2, 0) is 19.1 Å². The monoisotopic (exact) mass is 236 g/mol. The molecular weight excluding hydrogens is 224 g/mol. The molecule has 1 fully saturated rings. The summed E-state index contributed by atoms with van der Waals surface area (Å²) in [6, 6.07) is 0. The molecule has 2 aliphatic carbocycles. The van der Waals surface area contributed by atoms with E-state index in [1.165, 1.54) is 0 Å². The number of hydrogen-bond acceptors (Lipinski definition) is 4.